The maximum atomic E-state index is 12.1. The number of rotatable bonds is 11. The third kappa shape index (κ3) is 13.3. The second kappa shape index (κ2) is 16.4. The molecule has 0 aromatic carbocycles. The molecule has 4 N–H and O–H groups in total. The van der Waals surface area contributed by atoms with Crippen molar-refractivity contribution in [2.45, 2.75) is 78.2 Å². The molecule has 1 aliphatic carbocycles. The van der Waals surface area contributed by atoms with E-state index in [0.29, 0.717) is 37.4 Å². The van der Waals surface area contributed by atoms with Crippen LogP contribution in [0.4, 0.5) is 0 Å². The first-order chi connectivity index (χ1) is 12.5. The number of hydrogen-bond donors (Lipinski definition) is 4. The van der Waals surface area contributed by atoms with E-state index in [4.69, 9.17) is 0 Å². The Hall–Kier alpha value is -0.570. The molecule has 1 amide bonds. The molecule has 1 aliphatic rings. The SMILES string of the molecule is CCNC(=NCC(CCO)CC(C)C)NCCC(=O)NC1CCCCC1.I. The molecule has 7 heteroatoms. The first-order valence-electron chi connectivity index (χ1n) is 10.5. The number of guanidine groups is 1. The van der Waals surface area contributed by atoms with E-state index in [2.05, 4.69) is 34.8 Å². The minimum atomic E-state index is 0. The van der Waals surface area contributed by atoms with Crippen LogP contribution >= 0.6 is 24.0 Å². The minimum absolute atomic E-state index is 0. The van der Waals surface area contributed by atoms with Gasteiger partial charge >= 0.3 is 0 Å². The predicted octanol–water partition coefficient (Wildman–Crippen LogP) is 3.04. The molecule has 1 rings (SSSR count). The molecule has 0 aromatic rings. The molecule has 6 nitrogen and oxygen atoms in total. The van der Waals surface area contributed by atoms with Gasteiger partial charge in [-0.05, 0) is 44.4 Å². The Bertz CT molecular complexity index is 413. The normalized spacial score (nSPS) is 16.6. The molecule has 160 valence electrons. The Morgan fingerprint density at radius 1 is 1.19 bits per heavy atom. The highest BCUT2D eigenvalue weighted by Crippen LogP contribution is 2.17. The number of halogens is 1. The van der Waals surface area contributed by atoms with Crippen molar-refractivity contribution in [3.63, 3.8) is 0 Å². The number of hydrogen-bond acceptors (Lipinski definition) is 3. The van der Waals surface area contributed by atoms with E-state index in [0.717, 1.165) is 38.2 Å². The van der Waals surface area contributed by atoms with Crippen molar-refractivity contribution >= 4 is 35.8 Å². The third-order valence-corrected chi connectivity index (χ3v) is 4.81. The number of nitrogens with zero attached hydrogens (tertiary/aromatic N) is 1. The average Bonchev–Trinajstić information content (AvgIpc) is 2.60. The Balaban J connectivity index is 0.00000676. The number of aliphatic hydroxyl groups is 1. The summed E-state index contributed by atoms with van der Waals surface area (Å²) in [6, 6.07) is 0.369. The average molecular weight is 496 g/mol. The number of aliphatic imine (C=N–C) groups is 1. The largest absolute Gasteiger partial charge is 0.396 e. The van der Waals surface area contributed by atoms with E-state index in [1.54, 1.807) is 0 Å². The summed E-state index contributed by atoms with van der Waals surface area (Å²) in [6.07, 6.45) is 8.30. The Labute approximate surface area is 182 Å². The summed E-state index contributed by atoms with van der Waals surface area (Å²) in [4.78, 5) is 16.7. The van der Waals surface area contributed by atoms with E-state index < -0.39 is 0 Å². The number of aliphatic hydroxyl groups excluding tert-OH is 1. The van der Waals surface area contributed by atoms with Crippen LogP contribution in [0.1, 0.15) is 72.1 Å². The first kappa shape index (κ1) is 26.4. The first-order valence-corrected chi connectivity index (χ1v) is 10.5. The van der Waals surface area contributed by atoms with Gasteiger partial charge in [0.1, 0.15) is 0 Å². The van der Waals surface area contributed by atoms with Crippen LogP contribution in [0, 0.1) is 11.8 Å². The van der Waals surface area contributed by atoms with Crippen molar-refractivity contribution in [3.8, 4) is 0 Å². The van der Waals surface area contributed by atoms with Gasteiger partial charge in [0, 0.05) is 38.7 Å². The topological polar surface area (TPSA) is 85.8 Å². The van der Waals surface area contributed by atoms with Gasteiger partial charge in [0.05, 0.1) is 0 Å². The van der Waals surface area contributed by atoms with Crippen LogP contribution in [0.15, 0.2) is 4.99 Å². The van der Waals surface area contributed by atoms with Crippen molar-refractivity contribution in [2.75, 3.05) is 26.2 Å². The van der Waals surface area contributed by atoms with Crippen molar-refractivity contribution < 1.29 is 9.90 Å². The summed E-state index contributed by atoms with van der Waals surface area (Å²) in [5, 5.41) is 18.9. The van der Waals surface area contributed by atoms with Crippen molar-refractivity contribution in [2.24, 2.45) is 16.8 Å². The third-order valence-electron chi connectivity index (χ3n) is 4.81. The fourth-order valence-electron chi connectivity index (χ4n) is 3.54. The van der Waals surface area contributed by atoms with E-state index in [-0.39, 0.29) is 36.5 Å². The van der Waals surface area contributed by atoms with Gasteiger partial charge in [-0.2, -0.15) is 0 Å². The van der Waals surface area contributed by atoms with Crippen LogP contribution in [-0.4, -0.2) is 49.3 Å². The number of carbonyl (C=O) groups excluding carboxylic acids is 1. The predicted molar refractivity (Wildman–Crippen MR) is 124 cm³/mol. The van der Waals surface area contributed by atoms with Crippen LogP contribution in [0.25, 0.3) is 0 Å². The van der Waals surface area contributed by atoms with Crippen molar-refractivity contribution in [1.82, 2.24) is 16.0 Å². The fourth-order valence-corrected chi connectivity index (χ4v) is 3.54. The molecular formula is C20H41IN4O2. The summed E-state index contributed by atoms with van der Waals surface area (Å²) >= 11 is 0. The quantitative estimate of drug-likeness (QED) is 0.201. The highest BCUT2D eigenvalue weighted by Gasteiger charge is 2.15. The van der Waals surface area contributed by atoms with Crippen LogP contribution in [0.2, 0.25) is 0 Å². The molecule has 1 fully saturated rings. The molecule has 0 aromatic heterocycles. The van der Waals surface area contributed by atoms with Crippen LogP contribution in [0.3, 0.4) is 0 Å². The van der Waals surface area contributed by atoms with E-state index >= 15 is 0 Å². The van der Waals surface area contributed by atoms with Crippen LogP contribution in [0.5, 0.6) is 0 Å². The smallest absolute Gasteiger partial charge is 0.221 e. The highest BCUT2D eigenvalue weighted by molar-refractivity contribution is 14.0. The molecule has 1 saturated carbocycles. The zero-order valence-corrected chi connectivity index (χ0v) is 19.8. The summed E-state index contributed by atoms with van der Waals surface area (Å²) in [7, 11) is 0. The summed E-state index contributed by atoms with van der Waals surface area (Å²) in [5.74, 6) is 1.87. The van der Waals surface area contributed by atoms with E-state index in [1.807, 2.05) is 6.92 Å². The van der Waals surface area contributed by atoms with E-state index in [9.17, 15) is 9.90 Å². The fraction of sp³-hybridized carbons (Fsp3) is 0.900. The second-order valence-electron chi connectivity index (χ2n) is 7.81. The van der Waals surface area contributed by atoms with Gasteiger partial charge in [0.15, 0.2) is 5.96 Å². The standard InChI is InChI=1S/C20H40N4O2.HI/c1-4-21-20(23-15-17(11-13-25)14-16(2)3)22-12-10-19(26)24-18-8-6-5-7-9-18;/h16-18,25H,4-15H2,1-3H3,(H,24,26)(H2,21,22,23);1H. The van der Waals surface area contributed by atoms with E-state index in [1.165, 1.54) is 19.3 Å². The maximum Gasteiger partial charge on any atom is 0.221 e. The molecule has 27 heavy (non-hydrogen) atoms. The molecular weight excluding hydrogens is 455 g/mol. The van der Waals surface area contributed by atoms with Gasteiger partial charge in [-0.15, -0.1) is 24.0 Å². The van der Waals surface area contributed by atoms with Crippen LogP contribution < -0.4 is 16.0 Å². The Morgan fingerprint density at radius 3 is 2.48 bits per heavy atom. The number of nitrogens with one attached hydrogen (secondary N) is 3. The van der Waals surface area contributed by atoms with Gasteiger partial charge in [0.2, 0.25) is 5.91 Å². The number of carbonyl (C=O) groups is 1. The van der Waals surface area contributed by atoms with Gasteiger partial charge < -0.3 is 21.1 Å². The lowest BCUT2D eigenvalue weighted by molar-refractivity contribution is -0.121. The van der Waals surface area contributed by atoms with Gasteiger partial charge in [-0.1, -0.05) is 33.1 Å². The lowest BCUT2D eigenvalue weighted by Gasteiger charge is -2.23. The number of amides is 1. The Morgan fingerprint density at radius 2 is 1.89 bits per heavy atom. The summed E-state index contributed by atoms with van der Waals surface area (Å²) in [6.45, 7) is 8.70. The minimum Gasteiger partial charge on any atom is -0.396 e. The molecule has 0 saturated heterocycles. The molecule has 1 atom stereocenters. The Kier molecular flexibility index (Phi) is 16.0. The second-order valence-corrected chi connectivity index (χ2v) is 7.81. The summed E-state index contributed by atoms with van der Waals surface area (Å²) < 4.78 is 0. The molecule has 0 spiro atoms. The highest BCUT2D eigenvalue weighted by atomic mass is 127. The van der Waals surface area contributed by atoms with Gasteiger partial charge in [-0.3, -0.25) is 9.79 Å². The maximum absolute atomic E-state index is 12.1. The molecule has 0 aliphatic heterocycles. The zero-order valence-electron chi connectivity index (χ0n) is 17.4. The van der Waals surface area contributed by atoms with Crippen LogP contribution in [-0.2, 0) is 4.79 Å². The summed E-state index contributed by atoms with van der Waals surface area (Å²) in [5.41, 5.74) is 0. The molecule has 0 heterocycles. The van der Waals surface area contributed by atoms with Crippen molar-refractivity contribution in [1.29, 1.82) is 0 Å². The van der Waals surface area contributed by atoms with Gasteiger partial charge in [0.25, 0.3) is 0 Å². The molecule has 1 unspecified atom stereocenters. The molecule has 0 radical (unpaired) electrons. The van der Waals surface area contributed by atoms with Gasteiger partial charge in [-0.25, -0.2) is 0 Å². The monoisotopic (exact) mass is 496 g/mol. The van der Waals surface area contributed by atoms with Crippen molar-refractivity contribution in [3.05, 3.63) is 0 Å². The zero-order chi connectivity index (χ0) is 19.2. The lowest BCUT2D eigenvalue weighted by Crippen LogP contribution is -2.41. The lowest BCUT2D eigenvalue weighted by atomic mass is 9.94. The molecule has 0 bridgehead atoms.